The van der Waals surface area contributed by atoms with E-state index in [0.717, 1.165) is 70.4 Å². The van der Waals surface area contributed by atoms with E-state index in [1.807, 2.05) is 19.3 Å². The van der Waals surface area contributed by atoms with Gasteiger partial charge in [0.1, 0.15) is 0 Å². The summed E-state index contributed by atoms with van der Waals surface area (Å²) < 4.78 is 5.55. The minimum atomic E-state index is 0. The molecule has 0 aliphatic carbocycles. The average molecular weight is 516 g/mol. The van der Waals surface area contributed by atoms with Crippen LogP contribution in [0.1, 0.15) is 32.4 Å². The number of aliphatic imine (C=N–C) groups is 1. The maximum absolute atomic E-state index is 5.55. The molecule has 2 aliphatic rings. The Morgan fingerprint density at radius 2 is 2.10 bits per heavy atom. The van der Waals surface area contributed by atoms with Gasteiger partial charge in [0, 0.05) is 64.1 Å². The number of rotatable bonds is 6. The molecule has 3 heterocycles. The van der Waals surface area contributed by atoms with Crippen LogP contribution < -0.4 is 10.6 Å². The molecule has 1 aromatic heterocycles. The van der Waals surface area contributed by atoms with Crippen LogP contribution in [0, 0.1) is 0 Å². The van der Waals surface area contributed by atoms with Crippen molar-refractivity contribution < 1.29 is 4.74 Å². The van der Waals surface area contributed by atoms with Crippen LogP contribution in [0.15, 0.2) is 29.4 Å². The summed E-state index contributed by atoms with van der Waals surface area (Å²) in [5, 5.41) is 7.13. The molecule has 1 aromatic rings. The third kappa shape index (κ3) is 7.66. The molecule has 0 saturated carbocycles. The fourth-order valence-electron chi connectivity index (χ4n) is 4.10. The highest BCUT2D eigenvalue weighted by Crippen LogP contribution is 2.13. The van der Waals surface area contributed by atoms with Gasteiger partial charge in [-0.1, -0.05) is 6.07 Å². The van der Waals surface area contributed by atoms with Crippen molar-refractivity contribution in [3.05, 3.63) is 30.1 Å². The van der Waals surface area contributed by atoms with Gasteiger partial charge in [-0.05, 0) is 38.8 Å². The van der Waals surface area contributed by atoms with E-state index in [1.165, 1.54) is 0 Å². The number of likely N-dealkylation sites (tertiary alicyclic amines) is 1. The third-order valence-electron chi connectivity index (χ3n) is 5.81. The van der Waals surface area contributed by atoms with Crippen molar-refractivity contribution in [3.63, 3.8) is 0 Å². The number of nitrogens with zero attached hydrogens (tertiary/aromatic N) is 4. The van der Waals surface area contributed by atoms with E-state index in [9.17, 15) is 0 Å². The van der Waals surface area contributed by atoms with Crippen LogP contribution in [0.3, 0.4) is 0 Å². The molecule has 0 bridgehead atoms. The highest BCUT2D eigenvalue weighted by atomic mass is 127. The summed E-state index contributed by atoms with van der Waals surface area (Å²) in [5.74, 6) is 0.913. The van der Waals surface area contributed by atoms with Crippen molar-refractivity contribution >= 4 is 29.9 Å². The van der Waals surface area contributed by atoms with Crippen molar-refractivity contribution in [1.29, 1.82) is 0 Å². The van der Waals surface area contributed by atoms with E-state index in [-0.39, 0.29) is 24.0 Å². The lowest BCUT2D eigenvalue weighted by atomic mass is 10.0. The maximum atomic E-state index is 5.55. The van der Waals surface area contributed by atoms with Crippen molar-refractivity contribution in [2.24, 2.45) is 4.99 Å². The van der Waals surface area contributed by atoms with E-state index < -0.39 is 0 Å². The largest absolute Gasteiger partial charge is 0.379 e. The number of halogens is 1. The average Bonchev–Trinajstić information content (AvgIpc) is 2.73. The number of guanidine groups is 1. The highest BCUT2D eigenvalue weighted by molar-refractivity contribution is 14.0. The molecule has 2 atom stereocenters. The third-order valence-corrected chi connectivity index (χ3v) is 5.81. The monoisotopic (exact) mass is 516 g/mol. The van der Waals surface area contributed by atoms with Crippen LogP contribution in [0.2, 0.25) is 0 Å². The number of morpholine rings is 1. The minimum Gasteiger partial charge on any atom is -0.379 e. The van der Waals surface area contributed by atoms with Gasteiger partial charge < -0.3 is 15.4 Å². The first-order valence-electron chi connectivity index (χ1n) is 10.6. The van der Waals surface area contributed by atoms with E-state index in [1.54, 1.807) is 0 Å². The minimum absolute atomic E-state index is 0. The first kappa shape index (κ1) is 24.3. The molecule has 0 amide bonds. The van der Waals surface area contributed by atoms with Gasteiger partial charge in [0.05, 0.1) is 18.9 Å². The van der Waals surface area contributed by atoms with Crippen LogP contribution in [-0.4, -0.2) is 85.3 Å². The fourth-order valence-corrected chi connectivity index (χ4v) is 4.10. The van der Waals surface area contributed by atoms with E-state index in [0.29, 0.717) is 18.1 Å². The summed E-state index contributed by atoms with van der Waals surface area (Å²) in [4.78, 5) is 13.9. The molecule has 8 heteroatoms. The van der Waals surface area contributed by atoms with Crippen LogP contribution in [-0.2, 0) is 11.3 Å². The van der Waals surface area contributed by atoms with Crippen molar-refractivity contribution in [2.75, 3.05) is 46.4 Å². The van der Waals surface area contributed by atoms with E-state index in [4.69, 9.17) is 4.74 Å². The summed E-state index contributed by atoms with van der Waals surface area (Å²) in [6.45, 7) is 11.2. The van der Waals surface area contributed by atoms with Gasteiger partial charge in [-0.2, -0.15) is 0 Å². The van der Waals surface area contributed by atoms with Crippen LogP contribution in [0.4, 0.5) is 0 Å². The second-order valence-corrected chi connectivity index (χ2v) is 7.98. The summed E-state index contributed by atoms with van der Waals surface area (Å²) >= 11 is 0. The second kappa shape index (κ2) is 12.7. The normalized spacial score (nSPS) is 23.3. The molecule has 2 saturated heterocycles. The molecule has 29 heavy (non-hydrogen) atoms. The lowest BCUT2D eigenvalue weighted by Crippen LogP contribution is -2.54. The SMILES string of the molecule is CN=C(NCC(C)N1CCOCC1C)NC1CCN(Cc2ccccn2)CC1.I. The quantitative estimate of drug-likeness (QED) is 0.343. The number of ether oxygens (including phenoxy) is 1. The fraction of sp³-hybridized carbons (Fsp3) is 0.714. The number of piperidine rings is 1. The van der Waals surface area contributed by atoms with Gasteiger partial charge in [-0.3, -0.25) is 19.8 Å². The predicted molar refractivity (Wildman–Crippen MR) is 129 cm³/mol. The number of nitrogens with one attached hydrogen (secondary N) is 2. The molecular formula is C21H37IN6O. The Labute approximate surface area is 192 Å². The molecule has 3 rings (SSSR count). The van der Waals surface area contributed by atoms with Crippen LogP contribution in [0.25, 0.3) is 0 Å². The summed E-state index contributed by atoms with van der Waals surface area (Å²) in [6, 6.07) is 7.54. The zero-order chi connectivity index (χ0) is 19.8. The Morgan fingerprint density at radius 3 is 2.76 bits per heavy atom. The lowest BCUT2D eigenvalue weighted by Gasteiger charge is -2.38. The maximum Gasteiger partial charge on any atom is 0.191 e. The first-order valence-corrected chi connectivity index (χ1v) is 10.6. The van der Waals surface area contributed by atoms with Crippen molar-refractivity contribution in [3.8, 4) is 0 Å². The highest BCUT2D eigenvalue weighted by Gasteiger charge is 2.24. The van der Waals surface area contributed by atoms with Crippen molar-refractivity contribution in [2.45, 2.75) is 51.4 Å². The molecule has 164 valence electrons. The summed E-state index contributed by atoms with van der Waals surface area (Å²) in [7, 11) is 1.85. The number of hydrogen-bond donors (Lipinski definition) is 2. The first-order chi connectivity index (χ1) is 13.7. The number of aromatic nitrogens is 1. The van der Waals surface area contributed by atoms with Crippen LogP contribution in [0.5, 0.6) is 0 Å². The Bertz CT molecular complexity index is 608. The molecule has 2 unspecified atom stereocenters. The van der Waals surface area contributed by atoms with Crippen LogP contribution >= 0.6 is 24.0 Å². The Balaban J connectivity index is 0.00000300. The Hall–Kier alpha value is -0.970. The molecule has 7 nitrogen and oxygen atoms in total. The zero-order valence-electron chi connectivity index (χ0n) is 18.0. The second-order valence-electron chi connectivity index (χ2n) is 7.98. The molecule has 2 fully saturated rings. The van der Waals surface area contributed by atoms with E-state index in [2.05, 4.69) is 56.4 Å². The lowest BCUT2D eigenvalue weighted by molar-refractivity contribution is -0.0174. The molecule has 0 aromatic carbocycles. The van der Waals surface area contributed by atoms with Gasteiger partial charge in [0.15, 0.2) is 5.96 Å². The number of hydrogen-bond acceptors (Lipinski definition) is 5. The van der Waals surface area contributed by atoms with Crippen molar-refractivity contribution in [1.82, 2.24) is 25.4 Å². The summed E-state index contributed by atoms with van der Waals surface area (Å²) in [6.07, 6.45) is 4.13. The zero-order valence-corrected chi connectivity index (χ0v) is 20.3. The van der Waals surface area contributed by atoms with E-state index >= 15 is 0 Å². The smallest absolute Gasteiger partial charge is 0.191 e. The Morgan fingerprint density at radius 1 is 1.31 bits per heavy atom. The number of pyridine rings is 1. The van der Waals surface area contributed by atoms with Gasteiger partial charge in [-0.15, -0.1) is 24.0 Å². The molecule has 0 spiro atoms. The molecule has 2 aliphatic heterocycles. The Kier molecular flexibility index (Phi) is 10.6. The van der Waals surface area contributed by atoms with Gasteiger partial charge in [0.25, 0.3) is 0 Å². The predicted octanol–water partition coefficient (Wildman–Crippen LogP) is 1.94. The summed E-state index contributed by atoms with van der Waals surface area (Å²) in [5.41, 5.74) is 1.15. The van der Waals surface area contributed by atoms with Gasteiger partial charge in [0.2, 0.25) is 0 Å². The van der Waals surface area contributed by atoms with Gasteiger partial charge >= 0.3 is 0 Å². The molecular weight excluding hydrogens is 479 g/mol. The topological polar surface area (TPSA) is 65.0 Å². The standard InChI is InChI=1S/C21H36N6O.HI/c1-17(27-12-13-28-16-18(27)2)14-24-21(22-3)25-19-7-10-26(11-8-19)15-20-6-4-5-9-23-20;/h4-6,9,17-19H,7-8,10-16H2,1-3H3,(H2,22,24,25);1H. The molecule has 0 radical (unpaired) electrons. The molecule has 2 N–H and O–H groups in total. The van der Waals surface area contributed by atoms with Gasteiger partial charge in [-0.25, -0.2) is 0 Å².